The number of hydrogen-bond donors (Lipinski definition) is 2. The van der Waals surface area contributed by atoms with Crippen molar-refractivity contribution in [3.63, 3.8) is 0 Å². The van der Waals surface area contributed by atoms with Gasteiger partial charge in [-0.2, -0.15) is 0 Å². The molecule has 1 aliphatic rings. The molecule has 1 heterocycles. The van der Waals surface area contributed by atoms with E-state index in [0.29, 0.717) is 19.0 Å². The molecule has 26 heavy (non-hydrogen) atoms. The van der Waals surface area contributed by atoms with Gasteiger partial charge in [0, 0.05) is 25.2 Å². The quantitative estimate of drug-likeness (QED) is 0.718. The maximum absolute atomic E-state index is 12.3. The zero-order valence-electron chi connectivity index (χ0n) is 16.0. The van der Waals surface area contributed by atoms with Gasteiger partial charge in [-0.1, -0.05) is 17.2 Å². The van der Waals surface area contributed by atoms with Crippen LogP contribution >= 0.6 is 0 Å². The number of rotatable bonds is 8. The van der Waals surface area contributed by atoms with Crippen LogP contribution in [0.15, 0.2) is 18.2 Å². The van der Waals surface area contributed by atoms with Gasteiger partial charge in [0.1, 0.15) is 0 Å². The summed E-state index contributed by atoms with van der Waals surface area (Å²) in [5.41, 5.74) is 2.92. The lowest BCUT2D eigenvalue weighted by Gasteiger charge is -2.32. The Balaban J connectivity index is 1.69. The Morgan fingerprint density at radius 2 is 1.77 bits per heavy atom. The molecular formula is C19H31N3O3S. The third-order valence-corrected chi connectivity index (χ3v) is 6.28. The summed E-state index contributed by atoms with van der Waals surface area (Å²) in [7, 11) is -3.11. The van der Waals surface area contributed by atoms with E-state index in [4.69, 9.17) is 0 Å². The number of piperidine rings is 1. The number of nitrogens with one attached hydrogen (secondary N) is 2. The maximum atomic E-state index is 12.3. The van der Waals surface area contributed by atoms with Crippen LogP contribution in [0.1, 0.15) is 41.3 Å². The van der Waals surface area contributed by atoms with Crippen molar-refractivity contribution >= 4 is 15.9 Å². The van der Waals surface area contributed by atoms with Gasteiger partial charge in [0.15, 0.2) is 0 Å². The van der Waals surface area contributed by atoms with Crippen molar-refractivity contribution in [3.05, 3.63) is 34.9 Å². The lowest BCUT2D eigenvalue weighted by molar-refractivity contribution is 0.0936. The smallest absolute Gasteiger partial charge is 0.251 e. The Morgan fingerprint density at radius 1 is 1.15 bits per heavy atom. The van der Waals surface area contributed by atoms with E-state index < -0.39 is 10.0 Å². The van der Waals surface area contributed by atoms with Crippen LogP contribution in [0.3, 0.4) is 0 Å². The number of nitrogens with zero attached hydrogens (tertiary/aromatic N) is 1. The van der Waals surface area contributed by atoms with Crippen LogP contribution in [0.5, 0.6) is 0 Å². The van der Waals surface area contributed by atoms with E-state index in [1.54, 1.807) is 6.92 Å². The molecule has 0 atom stereocenters. The Hall–Kier alpha value is -1.44. The van der Waals surface area contributed by atoms with E-state index in [9.17, 15) is 13.2 Å². The Kier molecular flexibility index (Phi) is 7.61. The van der Waals surface area contributed by atoms with E-state index in [1.165, 1.54) is 0 Å². The van der Waals surface area contributed by atoms with Crippen molar-refractivity contribution in [1.29, 1.82) is 0 Å². The predicted octanol–water partition coefficient (Wildman–Crippen LogP) is 1.68. The molecule has 0 spiro atoms. The molecule has 6 nitrogen and oxygen atoms in total. The summed E-state index contributed by atoms with van der Waals surface area (Å²) in [5, 5.41) is 3.06. The van der Waals surface area contributed by atoms with Gasteiger partial charge in [0.2, 0.25) is 10.0 Å². The molecule has 1 saturated heterocycles. The van der Waals surface area contributed by atoms with Crippen molar-refractivity contribution < 1.29 is 13.2 Å². The minimum absolute atomic E-state index is 0.00629. The average molecular weight is 382 g/mol. The minimum atomic E-state index is -3.11. The molecule has 0 saturated carbocycles. The highest BCUT2D eigenvalue weighted by atomic mass is 32.2. The fraction of sp³-hybridized carbons (Fsp3) is 0.632. The second kappa shape index (κ2) is 9.48. The number of hydrogen-bond acceptors (Lipinski definition) is 4. The van der Waals surface area contributed by atoms with Crippen molar-refractivity contribution in [3.8, 4) is 0 Å². The van der Waals surface area contributed by atoms with E-state index >= 15 is 0 Å². The molecule has 7 heteroatoms. The lowest BCUT2D eigenvalue weighted by Crippen LogP contribution is -2.42. The highest BCUT2D eigenvalue weighted by Gasteiger charge is 2.20. The Morgan fingerprint density at radius 3 is 2.35 bits per heavy atom. The van der Waals surface area contributed by atoms with Crippen molar-refractivity contribution in [2.45, 2.75) is 33.6 Å². The van der Waals surface area contributed by atoms with Crippen molar-refractivity contribution in [1.82, 2.24) is 14.9 Å². The molecule has 0 aromatic heterocycles. The first kappa shape index (κ1) is 20.9. The van der Waals surface area contributed by atoms with E-state index in [2.05, 4.69) is 21.0 Å². The third kappa shape index (κ3) is 6.70. The molecule has 2 N–H and O–H groups in total. The summed E-state index contributed by atoms with van der Waals surface area (Å²) in [6.07, 6.45) is 2.04. The first-order valence-corrected chi connectivity index (χ1v) is 11.0. The van der Waals surface area contributed by atoms with Crippen LogP contribution in [0, 0.1) is 19.8 Å². The number of aryl methyl sites for hydroxylation is 2. The lowest BCUT2D eigenvalue weighted by atomic mass is 9.96. The third-order valence-electron chi connectivity index (χ3n) is 4.87. The number of sulfonamides is 1. The van der Waals surface area contributed by atoms with Crippen molar-refractivity contribution in [2.24, 2.45) is 5.92 Å². The first-order valence-electron chi connectivity index (χ1n) is 9.35. The summed E-state index contributed by atoms with van der Waals surface area (Å²) in [5.74, 6) is 0.594. The normalized spacial score (nSPS) is 16.6. The number of carbonyl (C=O) groups excluding carboxylic acids is 1. The topological polar surface area (TPSA) is 78.5 Å². The molecule has 146 valence electrons. The molecule has 0 radical (unpaired) electrons. The van der Waals surface area contributed by atoms with Gasteiger partial charge in [-0.15, -0.1) is 0 Å². The zero-order valence-corrected chi connectivity index (χ0v) is 16.9. The SMILES string of the molecule is CCS(=O)(=O)NCCN1CCC(CNC(=O)c2cc(C)cc(C)c2)CC1. The summed E-state index contributed by atoms with van der Waals surface area (Å²) in [4.78, 5) is 14.6. The van der Waals surface area contributed by atoms with Crippen LogP contribution in [0.2, 0.25) is 0 Å². The highest BCUT2D eigenvalue weighted by molar-refractivity contribution is 7.89. The van der Waals surface area contributed by atoms with Crippen LogP contribution in [-0.4, -0.2) is 57.7 Å². The number of benzene rings is 1. The maximum Gasteiger partial charge on any atom is 0.251 e. The predicted molar refractivity (Wildman–Crippen MR) is 105 cm³/mol. The molecular weight excluding hydrogens is 350 g/mol. The molecule has 0 aliphatic carbocycles. The van der Waals surface area contributed by atoms with Gasteiger partial charge in [0.05, 0.1) is 5.75 Å². The average Bonchev–Trinajstić information content (AvgIpc) is 2.60. The van der Waals surface area contributed by atoms with E-state index in [0.717, 1.165) is 49.2 Å². The second-order valence-corrected chi connectivity index (χ2v) is 9.26. The molecule has 2 rings (SSSR count). The molecule has 0 bridgehead atoms. The molecule has 1 amide bonds. The van der Waals surface area contributed by atoms with Gasteiger partial charge in [-0.3, -0.25) is 4.79 Å². The Labute approximate surface area is 157 Å². The molecule has 1 aromatic carbocycles. The van der Waals surface area contributed by atoms with Gasteiger partial charge in [-0.25, -0.2) is 13.1 Å². The van der Waals surface area contributed by atoms with Crippen LogP contribution < -0.4 is 10.0 Å². The van der Waals surface area contributed by atoms with Gasteiger partial charge < -0.3 is 10.2 Å². The Bertz CT molecular complexity index is 690. The van der Waals surface area contributed by atoms with Gasteiger partial charge in [-0.05, 0) is 64.8 Å². The standard InChI is InChI=1S/C19H31N3O3S/c1-4-26(24,25)21-7-10-22-8-5-17(6-9-22)14-20-19(23)18-12-15(2)11-16(3)13-18/h11-13,17,21H,4-10,14H2,1-3H3,(H,20,23). The van der Waals surface area contributed by atoms with Gasteiger partial charge in [0.25, 0.3) is 5.91 Å². The summed E-state index contributed by atoms with van der Waals surface area (Å²) in [6, 6.07) is 5.90. The second-order valence-electron chi connectivity index (χ2n) is 7.17. The van der Waals surface area contributed by atoms with Crippen LogP contribution in [0.25, 0.3) is 0 Å². The van der Waals surface area contributed by atoms with Crippen molar-refractivity contribution in [2.75, 3.05) is 38.5 Å². The van der Waals surface area contributed by atoms with E-state index in [-0.39, 0.29) is 11.7 Å². The summed E-state index contributed by atoms with van der Waals surface area (Å²) >= 11 is 0. The highest BCUT2D eigenvalue weighted by Crippen LogP contribution is 2.16. The van der Waals surface area contributed by atoms with E-state index in [1.807, 2.05) is 26.0 Å². The number of likely N-dealkylation sites (tertiary alicyclic amines) is 1. The summed E-state index contributed by atoms with van der Waals surface area (Å²) in [6.45, 7) is 9.42. The fourth-order valence-electron chi connectivity index (χ4n) is 3.32. The van der Waals surface area contributed by atoms with Gasteiger partial charge >= 0.3 is 0 Å². The minimum Gasteiger partial charge on any atom is -0.352 e. The summed E-state index contributed by atoms with van der Waals surface area (Å²) < 4.78 is 25.5. The number of carbonyl (C=O) groups is 1. The molecule has 1 aliphatic heterocycles. The zero-order chi connectivity index (χ0) is 19.2. The van der Waals surface area contributed by atoms with Crippen LogP contribution in [0.4, 0.5) is 0 Å². The first-order chi connectivity index (χ1) is 12.3. The monoisotopic (exact) mass is 381 g/mol. The molecule has 1 aromatic rings. The molecule has 0 unspecified atom stereocenters. The van der Waals surface area contributed by atoms with Crippen LogP contribution in [-0.2, 0) is 10.0 Å². The number of amides is 1. The largest absolute Gasteiger partial charge is 0.352 e. The molecule has 1 fully saturated rings. The fourth-order valence-corrected chi connectivity index (χ4v) is 3.93.